The first kappa shape index (κ1) is 24.0. The molecule has 4 N–H and O–H groups in total. The van der Waals surface area contributed by atoms with E-state index in [0.29, 0.717) is 23.2 Å². The lowest BCUT2D eigenvalue weighted by atomic mass is 9.44. The summed E-state index contributed by atoms with van der Waals surface area (Å²) in [6, 6.07) is 0. The second-order valence-electron chi connectivity index (χ2n) is 12.9. The van der Waals surface area contributed by atoms with Crippen LogP contribution in [0.15, 0.2) is 0 Å². The van der Waals surface area contributed by atoms with E-state index in [1.54, 1.807) is 0 Å². The van der Waals surface area contributed by atoms with Crippen LogP contribution in [-0.4, -0.2) is 32.0 Å². The van der Waals surface area contributed by atoms with E-state index in [-0.39, 0.29) is 6.42 Å². The summed E-state index contributed by atoms with van der Waals surface area (Å²) in [7, 11) is 0. The van der Waals surface area contributed by atoms with Crippen LogP contribution in [0.5, 0.6) is 0 Å². The van der Waals surface area contributed by atoms with Crippen molar-refractivity contribution >= 4 is 0 Å². The van der Waals surface area contributed by atoms with Crippen LogP contribution in [0.1, 0.15) is 111 Å². The molecule has 0 spiro atoms. The Labute approximate surface area is 189 Å². The zero-order valence-electron chi connectivity index (χ0n) is 20.4. The normalized spacial score (nSPS) is 45.9. The molecule has 1 unspecified atom stereocenters. The molecule has 4 rings (SSSR count). The van der Waals surface area contributed by atoms with Gasteiger partial charge in [-0.3, -0.25) is 0 Å². The molecule has 0 saturated heterocycles. The van der Waals surface area contributed by atoms with E-state index in [2.05, 4.69) is 20.8 Å². The first-order valence-electron chi connectivity index (χ1n) is 13.3. The topological polar surface area (TPSA) is 80.9 Å². The van der Waals surface area contributed by atoms with E-state index in [0.717, 1.165) is 36.0 Å². The van der Waals surface area contributed by atoms with Gasteiger partial charge < -0.3 is 20.4 Å². The zero-order valence-corrected chi connectivity index (χ0v) is 20.4. The third kappa shape index (κ3) is 4.02. The van der Waals surface area contributed by atoms with Gasteiger partial charge in [0.15, 0.2) is 0 Å². The minimum atomic E-state index is -3.03. The molecule has 0 aliphatic heterocycles. The summed E-state index contributed by atoms with van der Waals surface area (Å²) >= 11 is 0. The van der Waals surface area contributed by atoms with Gasteiger partial charge in [0, 0.05) is 0 Å². The third-order valence-corrected chi connectivity index (χ3v) is 11.4. The van der Waals surface area contributed by atoms with Crippen LogP contribution in [0.2, 0.25) is 0 Å². The Morgan fingerprint density at radius 1 is 0.839 bits per heavy atom. The van der Waals surface area contributed by atoms with Gasteiger partial charge >= 0.3 is 5.97 Å². The molecule has 0 heterocycles. The second kappa shape index (κ2) is 8.25. The molecule has 180 valence electrons. The van der Waals surface area contributed by atoms with Gasteiger partial charge in [0.1, 0.15) is 5.60 Å². The van der Waals surface area contributed by atoms with Gasteiger partial charge in [-0.1, -0.05) is 46.5 Å². The van der Waals surface area contributed by atoms with E-state index in [1.165, 1.54) is 71.1 Å². The molecule has 0 aromatic rings. The van der Waals surface area contributed by atoms with Crippen LogP contribution in [0.4, 0.5) is 0 Å². The van der Waals surface area contributed by atoms with Gasteiger partial charge in [0.25, 0.3) is 0 Å². The van der Waals surface area contributed by atoms with Crippen molar-refractivity contribution in [3.05, 3.63) is 0 Å². The summed E-state index contributed by atoms with van der Waals surface area (Å²) in [5.74, 6) is 1.98. The fourth-order valence-corrected chi connectivity index (χ4v) is 9.41. The highest BCUT2D eigenvalue weighted by Crippen LogP contribution is 2.68. The first-order chi connectivity index (χ1) is 14.4. The van der Waals surface area contributed by atoms with Gasteiger partial charge in [-0.05, 0) is 111 Å². The molecule has 4 aliphatic rings. The molecule has 31 heavy (non-hydrogen) atoms. The summed E-state index contributed by atoms with van der Waals surface area (Å²) in [6.45, 7) is 8.91. The van der Waals surface area contributed by atoms with Gasteiger partial charge in [-0.15, -0.1) is 0 Å². The standard InChI is InChI=1S/C27H48O4/c1-18(8-7-16-26(4,28)27(29,30)31)21-12-13-22-20-11-10-19-9-5-6-15-24(19,2)23(20)14-17-25(21,22)3/h18-23,28-31H,5-17H2,1-4H3/t18-,19?,20+,21-,22+,23+,24+,25-,26-/m1/s1. The maximum Gasteiger partial charge on any atom is 0.305 e. The van der Waals surface area contributed by atoms with E-state index in [1.807, 2.05) is 0 Å². The predicted molar refractivity (Wildman–Crippen MR) is 123 cm³/mol. The van der Waals surface area contributed by atoms with Crippen molar-refractivity contribution in [1.29, 1.82) is 0 Å². The number of aliphatic hydroxyl groups is 4. The molecular formula is C27H48O4. The summed E-state index contributed by atoms with van der Waals surface area (Å²) in [5, 5.41) is 38.3. The highest BCUT2D eigenvalue weighted by Gasteiger charge is 2.60. The number of hydrogen-bond acceptors (Lipinski definition) is 4. The average molecular weight is 437 g/mol. The summed E-state index contributed by atoms with van der Waals surface area (Å²) in [5.41, 5.74) is -0.847. The van der Waals surface area contributed by atoms with Gasteiger partial charge in [0.05, 0.1) is 0 Å². The quantitative estimate of drug-likeness (QED) is 0.430. The smallest absolute Gasteiger partial charge is 0.305 e. The highest BCUT2D eigenvalue weighted by atomic mass is 16.7. The van der Waals surface area contributed by atoms with Crippen LogP contribution >= 0.6 is 0 Å². The van der Waals surface area contributed by atoms with Crippen molar-refractivity contribution in [1.82, 2.24) is 0 Å². The molecule has 4 nitrogen and oxygen atoms in total. The molecule has 4 fully saturated rings. The number of rotatable bonds is 6. The Morgan fingerprint density at radius 2 is 1.55 bits per heavy atom. The molecule has 0 radical (unpaired) electrons. The van der Waals surface area contributed by atoms with E-state index in [4.69, 9.17) is 0 Å². The van der Waals surface area contributed by atoms with Gasteiger partial charge in [-0.25, -0.2) is 0 Å². The molecule has 0 aromatic heterocycles. The Morgan fingerprint density at radius 3 is 2.26 bits per heavy atom. The van der Waals surface area contributed by atoms with Crippen LogP contribution in [0.3, 0.4) is 0 Å². The van der Waals surface area contributed by atoms with Crippen LogP contribution in [0.25, 0.3) is 0 Å². The predicted octanol–water partition coefficient (Wildman–Crippen LogP) is 5.22. The fraction of sp³-hybridized carbons (Fsp3) is 1.00. The number of fused-ring (bicyclic) bond motifs is 5. The average Bonchev–Trinajstić information content (AvgIpc) is 3.03. The molecule has 0 amide bonds. The summed E-state index contributed by atoms with van der Waals surface area (Å²) < 4.78 is 0. The minimum absolute atomic E-state index is 0.193. The maximum absolute atomic E-state index is 10.2. The van der Waals surface area contributed by atoms with Crippen LogP contribution < -0.4 is 0 Å². The van der Waals surface area contributed by atoms with E-state index in [9.17, 15) is 20.4 Å². The van der Waals surface area contributed by atoms with Crippen molar-refractivity contribution in [3.63, 3.8) is 0 Å². The van der Waals surface area contributed by atoms with E-state index < -0.39 is 11.6 Å². The maximum atomic E-state index is 10.2. The molecule has 4 aliphatic carbocycles. The van der Waals surface area contributed by atoms with Crippen molar-refractivity contribution in [2.45, 2.75) is 123 Å². The van der Waals surface area contributed by atoms with Crippen molar-refractivity contribution in [3.8, 4) is 0 Å². The first-order valence-corrected chi connectivity index (χ1v) is 13.3. The Balaban J connectivity index is 1.40. The molecule has 4 saturated carbocycles. The van der Waals surface area contributed by atoms with Crippen molar-refractivity contribution < 1.29 is 20.4 Å². The largest absolute Gasteiger partial charge is 0.382 e. The summed E-state index contributed by atoms with van der Waals surface area (Å²) in [6.07, 6.45) is 16.1. The molecule has 0 aromatic carbocycles. The molecule has 0 bridgehead atoms. The SMILES string of the molecule is C[C@H](CCC[C@@](C)(O)C(O)(O)O)[C@H]1CC[C@H]2[C@@H]3CCC4CCCC[C@]4(C)[C@H]3CC[C@]12C. The Kier molecular flexibility index (Phi) is 6.38. The monoisotopic (exact) mass is 436 g/mol. The lowest BCUT2D eigenvalue weighted by molar-refractivity contribution is -0.388. The third-order valence-electron chi connectivity index (χ3n) is 11.4. The number of hydrogen-bond donors (Lipinski definition) is 4. The lowest BCUT2D eigenvalue weighted by Gasteiger charge is -2.61. The van der Waals surface area contributed by atoms with Crippen molar-refractivity contribution in [2.24, 2.45) is 46.3 Å². The van der Waals surface area contributed by atoms with Gasteiger partial charge in [-0.2, -0.15) is 0 Å². The second-order valence-corrected chi connectivity index (χ2v) is 12.9. The van der Waals surface area contributed by atoms with E-state index >= 15 is 0 Å². The molecule has 4 heteroatoms. The Bertz CT molecular complexity index is 640. The Hall–Kier alpha value is -0.160. The van der Waals surface area contributed by atoms with Crippen LogP contribution in [0, 0.1) is 46.3 Å². The molecule has 9 atom stereocenters. The van der Waals surface area contributed by atoms with Crippen LogP contribution in [-0.2, 0) is 0 Å². The van der Waals surface area contributed by atoms with Gasteiger partial charge in [0.2, 0.25) is 0 Å². The lowest BCUT2D eigenvalue weighted by Crippen LogP contribution is -2.53. The highest BCUT2D eigenvalue weighted by molar-refractivity contribution is 5.09. The van der Waals surface area contributed by atoms with Crippen molar-refractivity contribution in [2.75, 3.05) is 0 Å². The fourth-order valence-electron chi connectivity index (χ4n) is 9.41. The summed E-state index contributed by atoms with van der Waals surface area (Å²) in [4.78, 5) is 0. The molecular weight excluding hydrogens is 388 g/mol. The zero-order chi connectivity index (χ0) is 22.7. The minimum Gasteiger partial charge on any atom is -0.382 e.